The van der Waals surface area contributed by atoms with E-state index in [1.54, 1.807) is 59.8 Å². The lowest BCUT2D eigenvalue weighted by Crippen LogP contribution is -2.57. The van der Waals surface area contributed by atoms with Gasteiger partial charge in [-0.25, -0.2) is 19.4 Å². The van der Waals surface area contributed by atoms with E-state index in [1.165, 1.54) is 4.90 Å². The Morgan fingerprint density at radius 2 is 1.54 bits per heavy atom. The Hall–Kier alpha value is -4.58. The molecule has 4 amide bonds. The minimum atomic E-state index is -0.819. The molecule has 0 radical (unpaired) electrons. The molecule has 1 aliphatic heterocycles. The molecule has 0 aliphatic carbocycles. The van der Waals surface area contributed by atoms with Crippen LogP contribution in [0, 0.1) is 5.92 Å². The molecular formula is C36H51N5O7. The smallest absolute Gasteiger partial charge is 0.429 e. The molecule has 0 aromatic heterocycles. The molecule has 1 heterocycles. The molecule has 0 saturated carbocycles. The fraction of sp³-hybridized carbons (Fsp3) is 0.500. The van der Waals surface area contributed by atoms with Gasteiger partial charge in [-0.2, -0.15) is 0 Å². The Kier molecular flexibility index (Phi) is 13.4. The number of rotatable bonds is 11. The number of carbonyl (C=O) groups excluding carboxylic acids is 4. The average Bonchev–Trinajstić information content (AvgIpc) is 3.45. The SMILES string of the molecule is CC(C)C[C@H](NCc1ccc(NC(=O)OC(C)(C)C)cc1)C(=O)NN(C[C@@H]1C=CCN1C(=O)OCc1ccccc1)C(=O)OC(C)(C)C. The van der Waals surface area contributed by atoms with Crippen LogP contribution in [-0.2, 0) is 32.2 Å². The lowest BCUT2D eigenvalue weighted by atomic mass is 10.0. The monoisotopic (exact) mass is 665 g/mol. The van der Waals surface area contributed by atoms with Gasteiger partial charge in [-0.1, -0.05) is 68.5 Å². The molecule has 2 aromatic rings. The van der Waals surface area contributed by atoms with E-state index in [1.807, 2.05) is 62.4 Å². The first-order chi connectivity index (χ1) is 22.5. The Balaban J connectivity index is 1.68. The molecule has 2 atom stereocenters. The average molecular weight is 666 g/mol. The van der Waals surface area contributed by atoms with Gasteiger partial charge in [0, 0.05) is 18.8 Å². The highest BCUT2D eigenvalue weighted by Crippen LogP contribution is 2.18. The highest BCUT2D eigenvalue weighted by Gasteiger charge is 2.33. The van der Waals surface area contributed by atoms with Crippen molar-refractivity contribution in [1.29, 1.82) is 0 Å². The molecule has 0 spiro atoms. The van der Waals surface area contributed by atoms with Crippen molar-refractivity contribution in [1.82, 2.24) is 20.7 Å². The number of anilines is 1. The largest absolute Gasteiger partial charge is 0.445 e. The van der Waals surface area contributed by atoms with Gasteiger partial charge in [0.2, 0.25) is 0 Å². The van der Waals surface area contributed by atoms with Crippen molar-refractivity contribution in [3.05, 3.63) is 77.9 Å². The zero-order valence-electron chi connectivity index (χ0n) is 29.4. The number of nitrogens with zero attached hydrogens (tertiary/aromatic N) is 2. The lowest BCUT2D eigenvalue weighted by Gasteiger charge is -2.33. The van der Waals surface area contributed by atoms with Gasteiger partial charge in [-0.3, -0.25) is 20.4 Å². The zero-order chi connectivity index (χ0) is 35.5. The highest BCUT2D eigenvalue weighted by molar-refractivity contribution is 5.85. The molecule has 2 aromatic carbocycles. The molecule has 12 nitrogen and oxygen atoms in total. The third kappa shape index (κ3) is 13.3. The summed E-state index contributed by atoms with van der Waals surface area (Å²) in [7, 11) is 0. The van der Waals surface area contributed by atoms with Crippen LogP contribution in [0.5, 0.6) is 0 Å². The number of hydrogen-bond acceptors (Lipinski definition) is 8. The van der Waals surface area contributed by atoms with E-state index >= 15 is 0 Å². The van der Waals surface area contributed by atoms with E-state index in [0.29, 0.717) is 25.2 Å². The molecule has 1 aliphatic rings. The normalized spacial score (nSPS) is 15.1. The van der Waals surface area contributed by atoms with Gasteiger partial charge in [0.05, 0.1) is 18.6 Å². The lowest BCUT2D eigenvalue weighted by molar-refractivity contribution is -0.128. The number of hydrazine groups is 1. The van der Waals surface area contributed by atoms with E-state index < -0.39 is 47.5 Å². The number of hydrogen-bond donors (Lipinski definition) is 3. The fourth-order valence-corrected chi connectivity index (χ4v) is 4.75. The highest BCUT2D eigenvalue weighted by atomic mass is 16.6. The topological polar surface area (TPSA) is 139 Å². The Labute approximate surface area is 284 Å². The Morgan fingerprint density at radius 1 is 0.896 bits per heavy atom. The fourth-order valence-electron chi connectivity index (χ4n) is 4.75. The maximum absolute atomic E-state index is 13.7. The number of amides is 4. The van der Waals surface area contributed by atoms with E-state index in [2.05, 4.69) is 16.1 Å². The van der Waals surface area contributed by atoms with Crippen molar-refractivity contribution >= 4 is 29.9 Å². The van der Waals surface area contributed by atoms with Crippen molar-refractivity contribution in [3.63, 3.8) is 0 Å². The summed E-state index contributed by atoms with van der Waals surface area (Å²) in [5, 5.41) is 7.13. The molecule has 0 bridgehead atoms. The maximum Gasteiger partial charge on any atom is 0.429 e. The molecular weight excluding hydrogens is 614 g/mol. The predicted molar refractivity (Wildman–Crippen MR) is 184 cm³/mol. The minimum absolute atomic E-state index is 0.0436. The maximum atomic E-state index is 13.7. The van der Waals surface area contributed by atoms with Crippen LogP contribution in [0.4, 0.5) is 20.1 Å². The summed E-state index contributed by atoms with van der Waals surface area (Å²) in [4.78, 5) is 53.7. The molecule has 0 unspecified atom stereocenters. The summed E-state index contributed by atoms with van der Waals surface area (Å²) < 4.78 is 16.5. The Morgan fingerprint density at radius 3 is 2.15 bits per heavy atom. The number of nitrogens with one attached hydrogen (secondary N) is 3. The van der Waals surface area contributed by atoms with Gasteiger partial charge in [0.25, 0.3) is 5.91 Å². The molecule has 12 heteroatoms. The van der Waals surface area contributed by atoms with Gasteiger partial charge >= 0.3 is 18.3 Å². The van der Waals surface area contributed by atoms with Crippen LogP contribution < -0.4 is 16.1 Å². The van der Waals surface area contributed by atoms with Crippen LogP contribution in [0.15, 0.2) is 66.7 Å². The first-order valence-electron chi connectivity index (χ1n) is 16.3. The van der Waals surface area contributed by atoms with Gasteiger partial charge in [-0.15, -0.1) is 0 Å². The van der Waals surface area contributed by atoms with E-state index in [4.69, 9.17) is 14.2 Å². The first kappa shape index (κ1) is 37.9. The summed E-state index contributed by atoms with van der Waals surface area (Å²) >= 11 is 0. The summed E-state index contributed by atoms with van der Waals surface area (Å²) in [5.41, 5.74) is 3.65. The zero-order valence-corrected chi connectivity index (χ0v) is 29.4. The number of benzene rings is 2. The van der Waals surface area contributed by atoms with Gasteiger partial charge in [0.15, 0.2) is 0 Å². The molecule has 0 saturated heterocycles. The van der Waals surface area contributed by atoms with Gasteiger partial charge in [0.1, 0.15) is 17.8 Å². The molecule has 262 valence electrons. The second-order valence-corrected chi connectivity index (χ2v) is 14.1. The second kappa shape index (κ2) is 17.0. The summed E-state index contributed by atoms with van der Waals surface area (Å²) in [6.07, 6.45) is 2.30. The first-order valence-corrected chi connectivity index (χ1v) is 16.3. The van der Waals surface area contributed by atoms with Crippen molar-refractivity contribution in [2.24, 2.45) is 5.92 Å². The van der Waals surface area contributed by atoms with Crippen molar-refractivity contribution in [2.45, 2.75) is 98.2 Å². The van der Waals surface area contributed by atoms with Crippen molar-refractivity contribution < 1.29 is 33.4 Å². The second-order valence-electron chi connectivity index (χ2n) is 14.1. The molecule has 3 rings (SSSR count). The quantitative estimate of drug-likeness (QED) is 0.143. The van der Waals surface area contributed by atoms with Crippen LogP contribution >= 0.6 is 0 Å². The van der Waals surface area contributed by atoms with Crippen LogP contribution in [0.1, 0.15) is 72.9 Å². The summed E-state index contributed by atoms with van der Waals surface area (Å²) in [5.74, 6) is -0.255. The number of carbonyl (C=O) groups is 4. The summed E-state index contributed by atoms with van der Waals surface area (Å²) in [6, 6.07) is 15.4. The van der Waals surface area contributed by atoms with Crippen molar-refractivity contribution in [2.75, 3.05) is 18.4 Å². The van der Waals surface area contributed by atoms with E-state index in [-0.39, 0.29) is 19.1 Å². The third-order valence-corrected chi connectivity index (χ3v) is 6.90. The van der Waals surface area contributed by atoms with Crippen molar-refractivity contribution in [3.8, 4) is 0 Å². The van der Waals surface area contributed by atoms with E-state index in [0.717, 1.165) is 16.1 Å². The predicted octanol–water partition coefficient (Wildman–Crippen LogP) is 6.38. The van der Waals surface area contributed by atoms with Crippen LogP contribution in [0.3, 0.4) is 0 Å². The molecule has 48 heavy (non-hydrogen) atoms. The minimum Gasteiger partial charge on any atom is -0.445 e. The van der Waals surface area contributed by atoms with Gasteiger partial charge < -0.3 is 19.5 Å². The molecule has 0 fully saturated rings. The number of ether oxygens (including phenoxy) is 3. The molecule has 3 N–H and O–H groups in total. The summed E-state index contributed by atoms with van der Waals surface area (Å²) in [6.45, 7) is 15.3. The van der Waals surface area contributed by atoms with E-state index in [9.17, 15) is 19.2 Å². The standard InChI is InChI=1S/C36H51N5O7/c1-25(2)21-30(37-22-26-16-18-28(19-17-26)38-32(43)47-35(3,4)5)31(42)39-41(34(45)48-36(6,7)8)23-29-15-12-20-40(29)33(44)46-24-27-13-10-9-11-14-27/h9-19,25,29-30,37H,20-24H2,1-8H3,(H,38,43)(H,39,42)/t29-,30-/m0/s1. The van der Waals surface area contributed by atoms with Gasteiger partial charge in [-0.05, 0) is 77.1 Å². The van der Waals surface area contributed by atoms with Crippen LogP contribution in [0.25, 0.3) is 0 Å². The van der Waals surface area contributed by atoms with Crippen LogP contribution in [-0.4, -0.2) is 70.5 Å². The van der Waals surface area contributed by atoms with Crippen LogP contribution in [0.2, 0.25) is 0 Å². The Bertz CT molecular complexity index is 1400. The third-order valence-electron chi connectivity index (χ3n) is 6.90.